The monoisotopic (exact) mass is 296 g/mol. The van der Waals surface area contributed by atoms with Gasteiger partial charge in [-0.25, -0.2) is 8.78 Å². The topological polar surface area (TPSA) is 63.4 Å². The van der Waals surface area contributed by atoms with E-state index >= 15 is 0 Å². The lowest BCUT2D eigenvalue weighted by atomic mass is 9.88. The van der Waals surface area contributed by atoms with Gasteiger partial charge in [-0.15, -0.1) is 0 Å². The fraction of sp³-hybridized carbons (Fsp3) is 0.467. The zero-order valence-corrected chi connectivity index (χ0v) is 11.8. The number of amides is 1. The molecule has 1 atom stereocenters. The predicted octanol–water partition coefficient (Wildman–Crippen LogP) is 1.73. The lowest BCUT2D eigenvalue weighted by molar-refractivity contribution is -0.123. The van der Waals surface area contributed by atoms with Gasteiger partial charge in [0.25, 0.3) is 0 Å². The molecule has 4 nitrogen and oxygen atoms in total. The molecular formula is C15H18F2N2O2. The van der Waals surface area contributed by atoms with Crippen LogP contribution in [0.5, 0.6) is 0 Å². The average molecular weight is 296 g/mol. The Morgan fingerprint density at radius 3 is 2.48 bits per heavy atom. The lowest BCUT2D eigenvalue weighted by Crippen LogP contribution is -2.47. The van der Waals surface area contributed by atoms with Gasteiger partial charge in [-0.05, 0) is 51.1 Å². The quantitative estimate of drug-likeness (QED) is 0.861. The van der Waals surface area contributed by atoms with Crippen LogP contribution in [-0.2, 0) is 4.79 Å². The number of likely N-dealkylation sites (tertiary alicyclic amines) is 1. The minimum absolute atomic E-state index is 0.198. The fourth-order valence-electron chi connectivity index (χ4n) is 2.64. The first-order chi connectivity index (χ1) is 9.90. The van der Waals surface area contributed by atoms with Gasteiger partial charge in [0.15, 0.2) is 5.78 Å². The van der Waals surface area contributed by atoms with E-state index in [9.17, 15) is 18.4 Å². The van der Waals surface area contributed by atoms with Crippen molar-refractivity contribution < 1.29 is 18.4 Å². The van der Waals surface area contributed by atoms with Crippen molar-refractivity contribution in [3.63, 3.8) is 0 Å². The van der Waals surface area contributed by atoms with Crippen molar-refractivity contribution in [2.45, 2.75) is 25.8 Å². The molecule has 6 heteroatoms. The molecule has 1 amide bonds. The van der Waals surface area contributed by atoms with E-state index in [0.717, 1.165) is 18.2 Å². The largest absolute Gasteiger partial charge is 0.368 e. The van der Waals surface area contributed by atoms with Crippen LogP contribution in [0.25, 0.3) is 0 Å². The molecule has 0 radical (unpaired) electrons. The van der Waals surface area contributed by atoms with Crippen molar-refractivity contribution in [3.05, 3.63) is 35.4 Å². The van der Waals surface area contributed by atoms with E-state index in [1.54, 1.807) is 6.92 Å². The zero-order chi connectivity index (χ0) is 15.6. The number of rotatable bonds is 4. The van der Waals surface area contributed by atoms with Gasteiger partial charge in [-0.1, -0.05) is 0 Å². The smallest absolute Gasteiger partial charge is 0.234 e. The Balaban J connectivity index is 2.03. The molecule has 0 aliphatic carbocycles. The number of nitrogens with two attached hydrogens (primary N) is 1. The van der Waals surface area contributed by atoms with Gasteiger partial charge < -0.3 is 5.73 Å². The zero-order valence-electron chi connectivity index (χ0n) is 11.8. The molecule has 21 heavy (non-hydrogen) atoms. The fourth-order valence-corrected chi connectivity index (χ4v) is 2.64. The van der Waals surface area contributed by atoms with Gasteiger partial charge in [0.2, 0.25) is 5.91 Å². The van der Waals surface area contributed by atoms with E-state index in [0.29, 0.717) is 25.9 Å². The second-order valence-corrected chi connectivity index (χ2v) is 5.38. The van der Waals surface area contributed by atoms with Crippen LogP contribution in [0.15, 0.2) is 18.2 Å². The molecule has 2 N–H and O–H groups in total. The van der Waals surface area contributed by atoms with E-state index < -0.39 is 17.5 Å². The maximum absolute atomic E-state index is 13.6. The molecule has 0 aromatic heterocycles. The summed E-state index contributed by atoms with van der Waals surface area (Å²) in [5.74, 6) is -2.46. The van der Waals surface area contributed by atoms with E-state index in [4.69, 9.17) is 5.73 Å². The summed E-state index contributed by atoms with van der Waals surface area (Å²) >= 11 is 0. The van der Waals surface area contributed by atoms with Gasteiger partial charge >= 0.3 is 0 Å². The third-order valence-electron chi connectivity index (χ3n) is 4.05. The number of ketones is 1. The molecule has 1 saturated heterocycles. The Labute approximate surface area is 121 Å². The third-order valence-corrected chi connectivity index (χ3v) is 4.05. The molecule has 2 rings (SSSR count). The molecule has 1 heterocycles. The summed E-state index contributed by atoms with van der Waals surface area (Å²) in [5, 5.41) is 0. The van der Waals surface area contributed by atoms with Gasteiger partial charge in [-0.3, -0.25) is 14.5 Å². The van der Waals surface area contributed by atoms with Crippen molar-refractivity contribution in [3.8, 4) is 0 Å². The number of halogens is 2. The summed E-state index contributed by atoms with van der Waals surface area (Å²) < 4.78 is 26.8. The summed E-state index contributed by atoms with van der Waals surface area (Å²) in [5.41, 5.74) is 5.05. The first kappa shape index (κ1) is 15.6. The van der Waals surface area contributed by atoms with Crippen LogP contribution in [0.1, 0.15) is 30.1 Å². The third kappa shape index (κ3) is 3.44. The number of carbonyl (C=O) groups excluding carboxylic acids is 2. The van der Waals surface area contributed by atoms with E-state index in [1.165, 1.54) is 0 Å². The lowest BCUT2D eigenvalue weighted by Gasteiger charge is -2.34. The minimum atomic E-state index is -0.700. The number of hydrogen-bond donors (Lipinski definition) is 1. The molecule has 0 spiro atoms. The summed E-state index contributed by atoms with van der Waals surface area (Å²) in [6, 6.07) is 2.51. The highest BCUT2D eigenvalue weighted by atomic mass is 19.1. The van der Waals surface area contributed by atoms with Crippen LogP contribution in [0.2, 0.25) is 0 Å². The summed E-state index contributed by atoms with van der Waals surface area (Å²) in [6.45, 7) is 2.80. The molecule has 1 fully saturated rings. The number of carbonyl (C=O) groups is 2. The van der Waals surface area contributed by atoms with Gasteiger partial charge in [0.1, 0.15) is 11.6 Å². The van der Waals surface area contributed by atoms with Crippen molar-refractivity contribution in [2.75, 3.05) is 13.1 Å². The molecule has 0 unspecified atom stereocenters. The highest BCUT2D eigenvalue weighted by Gasteiger charge is 2.30. The summed E-state index contributed by atoms with van der Waals surface area (Å²) in [4.78, 5) is 25.3. The van der Waals surface area contributed by atoms with Crippen LogP contribution in [-0.4, -0.2) is 35.7 Å². The van der Waals surface area contributed by atoms with Crippen LogP contribution >= 0.6 is 0 Å². The Morgan fingerprint density at radius 1 is 1.29 bits per heavy atom. The highest BCUT2D eigenvalue weighted by Crippen LogP contribution is 2.24. The first-order valence-electron chi connectivity index (χ1n) is 6.92. The normalized spacial score (nSPS) is 18.4. The molecule has 114 valence electrons. The maximum Gasteiger partial charge on any atom is 0.234 e. The number of primary amides is 1. The van der Waals surface area contributed by atoms with Crippen molar-refractivity contribution in [2.24, 2.45) is 11.7 Å². The number of nitrogens with zero attached hydrogens (tertiary/aromatic N) is 1. The first-order valence-corrected chi connectivity index (χ1v) is 6.92. The van der Waals surface area contributed by atoms with E-state index in [1.807, 2.05) is 4.90 Å². The molecule has 1 aliphatic heterocycles. The molecule has 1 aliphatic rings. The SMILES string of the molecule is C[C@H](C(N)=O)N1CCC(C(=O)c2cc(F)ccc2F)CC1. The standard InChI is InChI=1S/C15H18F2N2O2/c1-9(15(18)21)19-6-4-10(5-7-19)14(20)12-8-11(16)2-3-13(12)17/h2-3,8-10H,4-7H2,1H3,(H2,18,21)/t9-/m1/s1. The van der Waals surface area contributed by atoms with Crippen molar-refractivity contribution in [1.29, 1.82) is 0 Å². The van der Waals surface area contributed by atoms with Crippen LogP contribution < -0.4 is 5.73 Å². The van der Waals surface area contributed by atoms with Crippen LogP contribution in [0, 0.1) is 17.6 Å². The predicted molar refractivity (Wildman–Crippen MR) is 73.6 cm³/mol. The number of hydrogen-bond acceptors (Lipinski definition) is 3. The molecule has 1 aromatic carbocycles. The highest BCUT2D eigenvalue weighted by molar-refractivity contribution is 5.98. The van der Waals surface area contributed by atoms with Crippen molar-refractivity contribution >= 4 is 11.7 Å². The Hall–Kier alpha value is -1.82. The molecule has 0 saturated carbocycles. The van der Waals surface area contributed by atoms with Crippen molar-refractivity contribution in [1.82, 2.24) is 4.90 Å². The molecular weight excluding hydrogens is 278 g/mol. The Morgan fingerprint density at radius 2 is 1.90 bits per heavy atom. The second kappa shape index (κ2) is 6.30. The van der Waals surface area contributed by atoms with Gasteiger partial charge in [0.05, 0.1) is 11.6 Å². The number of Topliss-reactive ketones (excluding diaryl/α,β-unsaturated/α-hetero) is 1. The van der Waals surface area contributed by atoms with Gasteiger partial charge in [0, 0.05) is 5.92 Å². The van der Waals surface area contributed by atoms with E-state index in [2.05, 4.69) is 0 Å². The van der Waals surface area contributed by atoms with Crippen LogP contribution in [0.3, 0.4) is 0 Å². The average Bonchev–Trinajstić information content (AvgIpc) is 2.48. The number of benzene rings is 1. The summed E-state index contributed by atoms with van der Waals surface area (Å²) in [7, 11) is 0. The summed E-state index contributed by atoms with van der Waals surface area (Å²) in [6.07, 6.45) is 1.01. The Bertz CT molecular complexity index is 555. The van der Waals surface area contributed by atoms with Gasteiger partial charge in [-0.2, -0.15) is 0 Å². The molecule has 0 bridgehead atoms. The number of piperidine rings is 1. The Kier molecular flexibility index (Phi) is 4.67. The molecule has 1 aromatic rings. The minimum Gasteiger partial charge on any atom is -0.368 e. The maximum atomic E-state index is 13.6. The van der Waals surface area contributed by atoms with Crippen LogP contribution in [0.4, 0.5) is 8.78 Å². The second-order valence-electron chi connectivity index (χ2n) is 5.38. The van der Waals surface area contributed by atoms with E-state index in [-0.39, 0.29) is 23.3 Å².